The van der Waals surface area contributed by atoms with Crippen LogP contribution in [-0.2, 0) is 25.7 Å². The van der Waals surface area contributed by atoms with Crippen LogP contribution in [0.3, 0.4) is 0 Å². The number of thioether (sulfide) groups is 1. The monoisotopic (exact) mass is 403 g/mol. The van der Waals surface area contributed by atoms with E-state index in [-0.39, 0.29) is 30.1 Å². The van der Waals surface area contributed by atoms with Crippen LogP contribution in [0.25, 0.3) is 0 Å². The van der Waals surface area contributed by atoms with Crippen molar-refractivity contribution in [3.05, 3.63) is 59.7 Å². The summed E-state index contributed by atoms with van der Waals surface area (Å²) in [5.74, 6) is -0.754. The minimum absolute atomic E-state index is 0.0346. The Morgan fingerprint density at radius 2 is 1.89 bits per heavy atom. The minimum atomic E-state index is -0.492. The van der Waals surface area contributed by atoms with Crippen LogP contribution in [-0.4, -0.2) is 29.3 Å². The summed E-state index contributed by atoms with van der Waals surface area (Å²) in [7, 11) is 0. The van der Waals surface area contributed by atoms with Crippen molar-refractivity contribution in [3.8, 4) is 0 Å². The van der Waals surface area contributed by atoms with E-state index in [1.54, 1.807) is 0 Å². The van der Waals surface area contributed by atoms with Crippen LogP contribution < -0.4 is 5.32 Å². The average Bonchev–Trinajstić information content (AvgIpc) is 2.68. The maximum atomic E-state index is 12.5. The van der Waals surface area contributed by atoms with Gasteiger partial charge in [-0.25, -0.2) is 0 Å². The molecule has 0 aliphatic rings. The zero-order chi connectivity index (χ0) is 20.8. The highest BCUT2D eigenvalue weighted by atomic mass is 32.2. The molecule has 0 aromatic heterocycles. The Labute approximate surface area is 171 Å². The number of allylic oxidation sites excluding steroid dienone is 4. The molecule has 28 heavy (non-hydrogen) atoms. The molecule has 0 radical (unpaired) electrons. The van der Waals surface area contributed by atoms with Crippen molar-refractivity contribution in [3.63, 3.8) is 0 Å². The van der Waals surface area contributed by atoms with Gasteiger partial charge in [0.25, 0.3) is 0 Å². The van der Waals surface area contributed by atoms with Gasteiger partial charge in [-0.05, 0) is 25.3 Å². The molecule has 0 fully saturated rings. The van der Waals surface area contributed by atoms with Crippen LogP contribution in [0.4, 0.5) is 0 Å². The predicted molar refractivity (Wildman–Crippen MR) is 114 cm³/mol. The van der Waals surface area contributed by atoms with E-state index in [1.165, 1.54) is 6.92 Å². The highest BCUT2D eigenvalue weighted by Gasteiger charge is 2.20. The van der Waals surface area contributed by atoms with Crippen LogP contribution in [0.15, 0.2) is 54.1 Å². The lowest BCUT2D eigenvalue weighted by molar-refractivity contribution is -0.145. The fourth-order valence-electron chi connectivity index (χ4n) is 2.36. The van der Waals surface area contributed by atoms with Gasteiger partial charge in [-0.15, -0.1) is 0 Å². The first kappa shape index (κ1) is 23.7. The molecule has 5 nitrogen and oxygen atoms in total. The number of rotatable bonds is 11. The highest BCUT2D eigenvalue weighted by Crippen LogP contribution is 2.18. The third-order valence-corrected chi connectivity index (χ3v) is 4.80. The van der Waals surface area contributed by atoms with Gasteiger partial charge in [0.1, 0.15) is 13.2 Å². The van der Waals surface area contributed by atoms with Gasteiger partial charge in [0.15, 0.2) is 5.12 Å². The molecule has 0 spiro atoms. The number of amides is 1. The molecule has 1 N–H and O–H groups in total. The van der Waals surface area contributed by atoms with E-state index in [4.69, 9.17) is 4.74 Å². The van der Waals surface area contributed by atoms with Crippen LogP contribution >= 0.6 is 11.8 Å². The van der Waals surface area contributed by atoms with Crippen molar-refractivity contribution >= 4 is 28.8 Å². The molecular formula is C22H29NO4S. The molecule has 6 heteroatoms. The predicted octanol–water partition coefficient (Wildman–Crippen LogP) is 4.04. The van der Waals surface area contributed by atoms with Crippen LogP contribution in [0.2, 0.25) is 0 Å². The van der Waals surface area contributed by atoms with Crippen molar-refractivity contribution in [1.29, 1.82) is 0 Å². The highest BCUT2D eigenvalue weighted by molar-refractivity contribution is 8.13. The summed E-state index contributed by atoms with van der Waals surface area (Å²) < 4.78 is 5.17. The quantitative estimate of drug-likeness (QED) is 0.446. The van der Waals surface area contributed by atoms with Crippen molar-refractivity contribution < 1.29 is 19.1 Å². The van der Waals surface area contributed by atoms with Gasteiger partial charge in [0.05, 0.1) is 5.92 Å². The second kappa shape index (κ2) is 13.8. The summed E-state index contributed by atoms with van der Waals surface area (Å²) in [5, 5.41) is 2.60. The summed E-state index contributed by atoms with van der Waals surface area (Å²) in [5.41, 5.74) is 1.93. The van der Waals surface area contributed by atoms with Crippen LogP contribution in [0, 0.1) is 5.92 Å². The first-order valence-corrected chi connectivity index (χ1v) is 10.3. The standard InChI is InChI=1S/C22H29NO4S/c1-4-5-7-10-17(2)13-20(16-28-18(3)24)22(26)23-14-21(25)27-15-19-11-8-6-9-12-19/h5-12,20H,4,13-16H2,1-3H3,(H,23,26). The lowest BCUT2D eigenvalue weighted by atomic mass is 10.0. The lowest BCUT2D eigenvalue weighted by Crippen LogP contribution is -2.36. The summed E-state index contributed by atoms with van der Waals surface area (Å²) in [6.07, 6.45) is 7.43. The molecule has 0 saturated heterocycles. The molecule has 0 aliphatic carbocycles. The molecule has 0 bridgehead atoms. The molecule has 1 aromatic rings. The van der Waals surface area contributed by atoms with Gasteiger partial charge in [0.2, 0.25) is 5.91 Å². The van der Waals surface area contributed by atoms with Gasteiger partial charge < -0.3 is 10.1 Å². The summed E-state index contributed by atoms with van der Waals surface area (Å²) in [6, 6.07) is 9.35. The van der Waals surface area contributed by atoms with E-state index in [1.807, 2.05) is 55.5 Å². The number of carbonyl (C=O) groups excluding carboxylic acids is 3. The first-order valence-electron chi connectivity index (χ1n) is 9.35. The number of esters is 1. The number of hydrogen-bond donors (Lipinski definition) is 1. The Balaban J connectivity index is 2.54. The van der Waals surface area contributed by atoms with Gasteiger partial charge in [-0.1, -0.05) is 72.8 Å². The molecule has 0 aliphatic heterocycles. The van der Waals surface area contributed by atoms with Crippen LogP contribution in [0.5, 0.6) is 0 Å². The zero-order valence-corrected chi connectivity index (χ0v) is 17.6. The van der Waals surface area contributed by atoms with E-state index < -0.39 is 5.97 Å². The number of ether oxygens (including phenoxy) is 1. The van der Waals surface area contributed by atoms with E-state index in [0.29, 0.717) is 12.2 Å². The Morgan fingerprint density at radius 1 is 1.18 bits per heavy atom. The minimum Gasteiger partial charge on any atom is -0.460 e. The number of nitrogens with one attached hydrogen (secondary N) is 1. The topological polar surface area (TPSA) is 72.5 Å². The number of benzene rings is 1. The maximum Gasteiger partial charge on any atom is 0.325 e. The molecule has 0 heterocycles. The second-order valence-electron chi connectivity index (χ2n) is 6.42. The summed E-state index contributed by atoms with van der Waals surface area (Å²) in [4.78, 5) is 35.7. The molecule has 1 amide bonds. The van der Waals surface area contributed by atoms with Crippen molar-refractivity contribution in [2.45, 2.75) is 40.2 Å². The van der Waals surface area contributed by atoms with Crippen molar-refractivity contribution in [2.75, 3.05) is 12.3 Å². The Kier molecular flexibility index (Phi) is 11.7. The number of carbonyl (C=O) groups is 3. The third kappa shape index (κ3) is 10.7. The molecule has 1 atom stereocenters. The van der Waals surface area contributed by atoms with Gasteiger partial charge in [-0.3, -0.25) is 14.4 Å². The lowest BCUT2D eigenvalue weighted by Gasteiger charge is -2.16. The van der Waals surface area contributed by atoms with Gasteiger partial charge in [-0.2, -0.15) is 0 Å². The van der Waals surface area contributed by atoms with E-state index in [9.17, 15) is 14.4 Å². The Bertz CT molecular complexity index is 698. The van der Waals surface area contributed by atoms with E-state index in [0.717, 1.165) is 29.3 Å². The third-order valence-electron chi connectivity index (χ3n) is 3.83. The van der Waals surface area contributed by atoms with Gasteiger partial charge in [0, 0.05) is 12.7 Å². The zero-order valence-electron chi connectivity index (χ0n) is 16.8. The molecule has 1 aromatic carbocycles. The van der Waals surface area contributed by atoms with E-state index >= 15 is 0 Å². The van der Waals surface area contributed by atoms with Crippen molar-refractivity contribution in [1.82, 2.24) is 5.32 Å². The molecule has 1 rings (SSSR count). The second-order valence-corrected chi connectivity index (χ2v) is 7.61. The smallest absolute Gasteiger partial charge is 0.325 e. The fraction of sp³-hybridized carbons (Fsp3) is 0.409. The fourth-order valence-corrected chi connectivity index (χ4v) is 3.07. The molecule has 152 valence electrons. The average molecular weight is 404 g/mol. The normalized spacial score (nSPS) is 12.6. The van der Waals surface area contributed by atoms with Crippen molar-refractivity contribution in [2.24, 2.45) is 5.92 Å². The molecule has 0 saturated carbocycles. The maximum absolute atomic E-state index is 12.5. The van der Waals surface area contributed by atoms with E-state index in [2.05, 4.69) is 12.2 Å². The largest absolute Gasteiger partial charge is 0.460 e. The number of hydrogen-bond acceptors (Lipinski definition) is 5. The van der Waals surface area contributed by atoms with Gasteiger partial charge >= 0.3 is 5.97 Å². The summed E-state index contributed by atoms with van der Waals surface area (Å²) >= 11 is 1.12. The Morgan fingerprint density at radius 3 is 2.54 bits per heavy atom. The SMILES string of the molecule is CCC=CC=C(C)CC(CSC(C)=O)C(=O)NCC(=O)OCc1ccccc1. The molecular weight excluding hydrogens is 374 g/mol. The molecule has 1 unspecified atom stereocenters. The first-order chi connectivity index (χ1) is 13.4. The Hall–Kier alpha value is -2.34. The summed E-state index contributed by atoms with van der Waals surface area (Å²) in [6.45, 7) is 5.46. The van der Waals surface area contributed by atoms with Crippen LogP contribution in [0.1, 0.15) is 39.2 Å².